The molecule has 1 aliphatic rings. The van der Waals surface area contributed by atoms with Crippen LogP contribution in [0.4, 0.5) is 5.82 Å². The number of Topliss-reactive ketones (excluding diaryl/α,β-unsaturated/α-hetero) is 1. The van der Waals surface area contributed by atoms with E-state index >= 15 is 0 Å². The van der Waals surface area contributed by atoms with E-state index in [1.54, 1.807) is 31.5 Å². The van der Waals surface area contributed by atoms with Crippen molar-refractivity contribution in [1.82, 2.24) is 9.78 Å². The van der Waals surface area contributed by atoms with Crippen molar-refractivity contribution >= 4 is 17.4 Å². The second-order valence-electron chi connectivity index (χ2n) is 6.76. The Balaban J connectivity index is 2.06. The highest BCUT2D eigenvalue weighted by Crippen LogP contribution is 2.27. The number of ketones is 1. The largest absolute Gasteiger partial charge is 0.497 e. The molecule has 1 saturated carbocycles. The Kier molecular flexibility index (Phi) is 5.78. The van der Waals surface area contributed by atoms with E-state index in [1.165, 1.54) is 18.2 Å². The molecule has 27 heavy (non-hydrogen) atoms. The Bertz CT molecular complexity index is 851. The van der Waals surface area contributed by atoms with Crippen molar-refractivity contribution in [2.75, 3.05) is 20.0 Å². The van der Waals surface area contributed by atoms with Gasteiger partial charge in [0.15, 0.2) is 5.84 Å². The lowest BCUT2D eigenvalue weighted by molar-refractivity contribution is 0.105. The van der Waals surface area contributed by atoms with E-state index in [1.807, 2.05) is 6.92 Å². The molecule has 144 valence electrons. The third-order valence-electron chi connectivity index (χ3n) is 4.94. The van der Waals surface area contributed by atoms with Gasteiger partial charge in [-0.1, -0.05) is 19.3 Å². The van der Waals surface area contributed by atoms with Crippen molar-refractivity contribution in [2.45, 2.75) is 45.1 Å². The summed E-state index contributed by atoms with van der Waals surface area (Å²) in [7, 11) is 3.09. The van der Waals surface area contributed by atoms with Gasteiger partial charge >= 0.3 is 0 Å². The number of anilines is 1. The summed E-state index contributed by atoms with van der Waals surface area (Å²) in [6, 6.07) is 5.20. The highest BCUT2D eigenvalue weighted by molar-refractivity contribution is 6.46. The minimum atomic E-state index is -0.269. The van der Waals surface area contributed by atoms with E-state index in [-0.39, 0.29) is 17.7 Å². The summed E-state index contributed by atoms with van der Waals surface area (Å²) in [5.74, 6) is 1.43. The van der Waals surface area contributed by atoms with Crippen LogP contribution in [0.1, 0.15) is 48.0 Å². The van der Waals surface area contributed by atoms with E-state index in [9.17, 15) is 4.79 Å². The Morgan fingerprint density at radius 1 is 1.22 bits per heavy atom. The number of nitrogen functional groups attached to an aromatic ring is 1. The standard InChI is InChI=1S/C20H26N4O3/c1-13-12-22-24(19(13)21)20(23-14-7-5-4-6-8-14)18(25)16-10-9-15(26-2)11-17(16)27-3/h9-12,14H,4-8,21H2,1-3H3. The smallest absolute Gasteiger partial charge is 0.233 e. The highest BCUT2D eigenvalue weighted by atomic mass is 16.5. The fourth-order valence-corrected chi connectivity index (χ4v) is 3.31. The minimum Gasteiger partial charge on any atom is -0.497 e. The van der Waals surface area contributed by atoms with Gasteiger partial charge in [-0.2, -0.15) is 9.78 Å². The number of methoxy groups -OCH3 is 2. The van der Waals surface area contributed by atoms with Gasteiger partial charge < -0.3 is 15.2 Å². The third-order valence-corrected chi connectivity index (χ3v) is 4.94. The fraction of sp³-hybridized carbons (Fsp3) is 0.450. The molecule has 1 aliphatic carbocycles. The lowest BCUT2D eigenvalue weighted by atomic mass is 9.96. The number of aliphatic imine (C=N–C) groups is 1. The van der Waals surface area contributed by atoms with Gasteiger partial charge in [0.25, 0.3) is 0 Å². The molecule has 7 heteroatoms. The summed E-state index contributed by atoms with van der Waals surface area (Å²) in [5.41, 5.74) is 7.37. The average Bonchev–Trinajstić information content (AvgIpc) is 3.04. The lowest BCUT2D eigenvalue weighted by Crippen LogP contribution is -2.28. The van der Waals surface area contributed by atoms with Gasteiger partial charge in [0.05, 0.1) is 32.0 Å². The van der Waals surface area contributed by atoms with Crippen LogP contribution in [0.15, 0.2) is 29.4 Å². The first-order valence-corrected chi connectivity index (χ1v) is 9.20. The zero-order valence-corrected chi connectivity index (χ0v) is 16.1. The molecule has 2 aromatic rings. The topological polar surface area (TPSA) is 91.7 Å². The van der Waals surface area contributed by atoms with Crippen LogP contribution < -0.4 is 15.2 Å². The predicted molar refractivity (Wildman–Crippen MR) is 105 cm³/mol. The number of benzene rings is 1. The van der Waals surface area contributed by atoms with Crippen molar-refractivity contribution in [3.63, 3.8) is 0 Å². The van der Waals surface area contributed by atoms with Crippen molar-refractivity contribution in [3.05, 3.63) is 35.5 Å². The second-order valence-corrected chi connectivity index (χ2v) is 6.76. The van der Waals surface area contributed by atoms with Gasteiger partial charge in [0.2, 0.25) is 5.78 Å². The molecule has 1 aromatic heterocycles. The first-order chi connectivity index (χ1) is 13.0. The van der Waals surface area contributed by atoms with Gasteiger partial charge in [-0.05, 0) is 31.9 Å². The molecule has 1 fully saturated rings. The number of aromatic nitrogens is 2. The van der Waals surface area contributed by atoms with E-state index in [4.69, 9.17) is 20.2 Å². The minimum absolute atomic E-state index is 0.103. The monoisotopic (exact) mass is 370 g/mol. The molecule has 7 nitrogen and oxygen atoms in total. The summed E-state index contributed by atoms with van der Waals surface area (Å²) < 4.78 is 12.1. The maximum absolute atomic E-state index is 13.4. The number of rotatable bonds is 5. The van der Waals surface area contributed by atoms with Gasteiger partial charge in [0.1, 0.15) is 17.3 Å². The van der Waals surface area contributed by atoms with Crippen LogP contribution in [-0.4, -0.2) is 41.7 Å². The van der Waals surface area contributed by atoms with Crippen LogP contribution in [0.2, 0.25) is 0 Å². The van der Waals surface area contributed by atoms with E-state index in [0.29, 0.717) is 22.9 Å². The van der Waals surface area contributed by atoms with Gasteiger partial charge in [0, 0.05) is 11.6 Å². The molecule has 0 atom stereocenters. The Hall–Kier alpha value is -2.83. The highest BCUT2D eigenvalue weighted by Gasteiger charge is 2.25. The van der Waals surface area contributed by atoms with Crippen molar-refractivity contribution in [1.29, 1.82) is 0 Å². The molecular weight excluding hydrogens is 344 g/mol. The van der Waals surface area contributed by atoms with Crippen LogP contribution in [0.5, 0.6) is 11.5 Å². The van der Waals surface area contributed by atoms with Crippen LogP contribution >= 0.6 is 0 Å². The molecule has 0 unspecified atom stereocenters. The molecular formula is C20H26N4O3. The van der Waals surface area contributed by atoms with Crippen LogP contribution in [0.25, 0.3) is 0 Å². The Morgan fingerprint density at radius 3 is 2.56 bits per heavy atom. The summed E-state index contributed by atoms with van der Waals surface area (Å²) in [6.45, 7) is 1.86. The number of carbonyl (C=O) groups excluding carboxylic acids is 1. The number of hydrogen-bond acceptors (Lipinski definition) is 6. The maximum Gasteiger partial charge on any atom is 0.233 e. The lowest BCUT2D eigenvalue weighted by Gasteiger charge is -2.20. The number of nitrogens with zero attached hydrogens (tertiary/aromatic N) is 3. The second kappa shape index (κ2) is 8.24. The number of carbonyl (C=O) groups is 1. The van der Waals surface area contributed by atoms with Crippen LogP contribution in [0, 0.1) is 6.92 Å². The maximum atomic E-state index is 13.4. The molecule has 0 aliphatic heterocycles. The zero-order chi connectivity index (χ0) is 19.4. The molecule has 2 N–H and O–H groups in total. The third kappa shape index (κ3) is 3.97. The fourth-order valence-electron chi connectivity index (χ4n) is 3.31. The molecule has 1 heterocycles. The number of hydrogen-bond donors (Lipinski definition) is 1. The van der Waals surface area contributed by atoms with E-state index in [2.05, 4.69) is 5.10 Å². The molecule has 0 spiro atoms. The van der Waals surface area contributed by atoms with Gasteiger partial charge in [-0.25, -0.2) is 0 Å². The van der Waals surface area contributed by atoms with Crippen LogP contribution in [0.3, 0.4) is 0 Å². The van der Waals surface area contributed by atoms with Gasteiger partial charge in [-0.3, -0.25) is 9.79 Å². The summed E-state index contributed by atoms with van der Waals surface area (Å²) in [6.07, 6.45) is 7.03. The average molecular weight is 370 g/mol. The van der Waals surface area contributed by atoms with Crippen molar-refractivity contribution in [2.24, 2.45) is 4.99 Å². The summed E-state index contributed by atoms with van der Waals surface area (Å²) in [4.78, 5) is 18.2. The molecule has 0 saturated heterocycles. The predicted octanol–water partition coefficient (Wildman–Crippen LogP) is 3.25. The van der Waals surface area contributed by atoms with Gasteiger partial charge in [-0.15, -0.1) is 0 Å². The molecule has 3 rings (SSSR count). The van der Waals surface area contributed by atoms with E-state index in [0.717, 1.165) is 31.2 Å². The Labute approximate surface area is 159 Å². The van der Waals surface area contributed by atoms with Crippen molar-refractivity contribution in [3.8, 4) is 11.5 Å². The SMILES string of the molecule is COc1ccc(C(=O)C(=NC2CCCCC2)n2ncc(C)c2N)c(OC)c1. The Morgan fingerprint density at radius 2 is 1.96 bits per heavy atom. The molecule has 0 bridgehead atoms. The van der Waals surface area contributed by atoms with Crippen molar-refractivity contribution < 1.29 is 14.3 Å². The summed E-state index contributed by atoms with van der Waals surface area (Å²) in [5, 5.41) is 4.29. The molecule has 0 amide bonds. The quantitative estimate of drug-likeness (QED) is 0.495. The first kappa shape index (κ1) is 18.9. The van der Waals surface area contributed by atoms with E-state index < -0.39 is 0 Å². The van der Waals surface area contributed by atoms with Crippen LogP contribution in [-0.2, 0) is 0 Å². The molecule has 0 radical (unpaired) electrons. The number of nitrogens with two attached hydrogens (primary N) is 1. The normalized spacial score (nSPS) is 15.6. The number of ether oxygens (including phenoxy) is 2. The summed E-state index contributed by atoms with van der Waals surface area (Å²) >= 11 is 0. The zero-order valence-electron chi connectivity index (χ0n) is 16.1. The first-order valence-electron chi connectivity index (χ1n) is 9.20. The molecule has 1 aromatic carbocycles. The number of aryl methyl sites for hydroxylation is 1.